The van der Waals surface area contributed by atoms with E-state index in [0.29, 0.717) is 19.6 Å². The predicted octanol–water partition coefficient (Wildman–Crippen LogP) is 2.81. The lowest BCUT2D eigenvalue weighted by Gasteiger charge is -2.23. The van der Waals surface area contributed by atoms with Crippen molar-refractivity contribution < 1.29 is 4.79 Å². The van der Waals surface area contributed by atoms with Crippen LogP contribution in [0.2, 0.25) is 0 Å². The number of hydrogen-bond acceptors (Lipinski definition) is 2. The van der Waals surface area contributed by atoms with Gasteiger partial charge in [0.15, 0.2) is 0 Å². The van der Waals surface area contributed by atoms with Crippen LogP contribution in [0.25, 0.3) is 0 Å². The average Bonchev–Trinajstić information content (AvgIpc) is 2.49. The van der Waals surface area contributed by atoms with Crippen molar-refractivity contribution in [1.29, 1.82) is 0 Å². The van der Waals surface area contributed by atoms with Gasteiger partial charge in [-0.05, 0) is 24.1 Å². The molecule has 1 aromatic heterocycles. The number of benzene rings is 1. The SMILES string of the molecule is CCNC(=O)N(Cc1ccccc1)Cc1cccnc1. The van der Waals surface area contributed by atoms with Crippen LogP contribution in [0.1, 0.15) is 18.1 Å². The molecule has 2 rings (SSSR count). The normalized spacial score (nSPS) is 10.1. The molecule has 0 saturated heterocycles. The van der Waals surface area contributed by atoms with E-state index >= 15 is 0 Å². The Balaban J connectivity index is 2.10. The third-order valence-corrected chi connectivity index (χ3v) is 2.93. The summed E-state index contributed by atoms with van der Waals surface area (Å²) < 4.78 is 0. The molecule has 1 heterocycles. The maximum atomic E-state index is 12.1. The fourth-order valence-electron chi connectivity index (χ4n) is 1.98. The van der Waals surface area contributed by atoms with Crippen LogP contribution in [0.4, 0.5) is 4.79 Å². The van der Waals surface area contributed by atoms with E-state index in [0.717, 1.165) is 11.1 Å². The van der Waals surface area contributed by atoms with Gasteiger partial charge in [0, 0.05) is 32.0 Å². The first kappa shape index (κ1) is 14.1. The lowest BCUT2D eigenvalue weighted by Crippen LogP contribution is -2.38. The van der Waals surface area contributed by atoms with Crippen molar-refractivity contribution in [2.24, 2.45) is 0 Å². The molecule has 1 aromatic carbocycles. The molecule has 4 heteroatoms. The van der Waals surface area contributed by atoms with Gasteiger partial charge in [-0.25, -0.2) is 4.79 Å². The number of pyridine rings is 1. The summed E-state index contributed by atoms with van der Waals surface area (Å²) in [4.78, 5) is 18.0. The van der Waals surface area contributed by atoms with Crippen molar-refractivity contribution in [3.05, 3.63) is 66.0 Å². The maximum Gasteiger partial charge on any atom is 0.317 e. The first-order valence-corrected chi connectivity index (χ1v) is 6.75. The highest BCUT2D eigenvalue weighted by atomic mass is 16.2. The summed E-state index contributed by atoms with van der Waals surface area (Å²) >= 11 is 0. The minimum absolute atomic E-state index is 0.0554. The van der Waals surface area contributed by atoms with Gasteiger partial charge in [0.25, 0.3) is 0 Å². The monoisotopic (exact) mass is 269 g/mol. The third-order valence-electron chi connectivity index (χ3n) is 2.93. The van der Waals surface area contributed by atoms with Crippen molar-refractivity contribution in [2.45, 2.75) is 20.0 Å². The number of nitrogens with one attached hydrogen (secondary N) is 1. The summed E-state index contributed by atoms with van der Waals surface area (Å²) in [6, 6.07) is 13.8. The fraction of sp³-hybridized carbons (Fsp3) is 0.250. The summed E-state index contributed by atoms with van der Waals surface area (Å²) in [7, 11) is 0. The molecule has 0 aliphatic heterocycles. The van der Waals surface area contributed by atoms with Gasteiger partial charge in [0.1, 0.15) is 0 Å². The topological polar surface area (TPSA) is 45.2 Å². The molecule has 0 atom stereocenters. The highest BCUT2D eigenvalue weighted by molar-refractivity contribution is 5.74. The summed E-state index contributed by atoms with van der Waals surface area (Å²) in [6.45, 7) is 3.68. The third kappa shape index (κ3) is 4.09. The van der Waals surface area contributed by atoms with Gasteiger partial charge in [0.2, 0.25) is 0 Å². The van der Waals surface area contributed by atoms with Gasteiger partial charge in [-0.15, -0.1) is 0 Å². The number of hydrogen-bond donors (Lipinski definition) is 1. The maximum absolute atomic E-state index is 12.1. The molecule has 0 aliphatic carbocycles. The number of rotatable bonds is 5. The zero-order valence-corrected chi connectivity index (χ0v) is 11.6. The fourth-order valence-corrected chi connectivity index (χ4v) is 1.98. The van der Waals surface area contributed by atoms with Crippen molar-refractivity contribution in [2.75, 3.05) is 6.54 Å². The molecule has 2 amide bonds. The van der Waals surface area contributed by atoms with E-state index in [1.165, 1.54) is 0 Å². The molecule has 1 N–H and O–H groups in total. The van der Waals surface area contributed by atoms with Gasteiger partial charge in [-0.2, -0.15) is 0 Å². The minimum atomic E-state index is -0.0554. The number of urea groups is 1. The van der Waals surface area contributed by atoms with E-state index in [1.807, 2.05) is 49.4 Å². The van der Waals surface area contributed by atoms with Crippen LogP contribution in [0.15, 0.2) is 54.9 Å². The number of amides is 2. The highest BCUT2D eigenvalue weighted by Crippen LogP contribution is 2.09. The van der Waals surface area contributed by atoms with Crippen molar-refractivity contribution >= 4 is 6.03 Å². The smallest absolute Gasteiger partial charge is 0.317 e. The summed E-state index contributed by atoms with van der Waals surface area (Å²) in [5.41, 5.74) is 2.14. The summed E-state index contributed by atoms with van der Waals surface area (Å²) in [6.07, 6.45) is 3.52. The van der Waals surface area contributed by atoms with Gasteiger partial charge >= 0.3 is 6.03 Å². The molecule has 0 saturated carbocycles. The molecular weight excluding hydrogens is 250 g/mol. The molecule has 0 spiro atoms. The van der Waals surface area contributed by atoms with E-state index in [1.54, 1.807) is 17.3 Å². The minimum Gasteiger partial charge on any atom is -0.338 e. The van der Waals surface area contributed by atoms with E-state index in [2.05, 4.69) is 10.3 Å². The first-order chi connectivity index (χ1) is 9.79. The lowest BCUT2D eigenvalue weighted by molar-refractivity contribution is 0.193. The number of nitrogens with zero attached hydrogens (tertiary/aromatic N) is 2. The molecule has 0 bridgehead atoms. The molecule has 4 nitrogen and oxygen atoms in total. The molecular formula is C16H19N3O. The van der Waals surface area contributed by atoms with Crippen LogP contribution >= 0.6 is 0 Å². The average molecular weight is 269 g/mol. The van der Waals surface area contributed by atoms with Crippen LogP contribution in [0, 0.1) is 0 Å². The van der Waals surface area contributed by atoms with Crippen LogP contribution in [-0.2, 0) is 13.1 Å². The molecule has 20 heavy (non-hydrogen) atoms. The molecule has 104 valence electrons. The lowest BCUT2D eigenvalue weighted by atomic mass is 10.2. The number of aromatic nitrogens is 1. The largest absolute Gasteiger partial charge is 0.338 e. The van der Waals surface area contributed by atoms with Gasteiger partial charge < -0.3 is 10.2 Å². The Morgan fingerprint density at radius 1 is 1.10 bits per heavy atom. The van der Waals surface area contributed by atoms with Crippen molar-refractivity contribution in [3.63, 3.8) is 0 Å². The summed E-state index contributed by atoms with van der Waals surface area (Å²) in [5.74, 6) is 0. The molecule has 0 unspecified atom stereocenters. The standard InChI is InChI=1S/C16H19N3O/c1-2-18-16(20)19(12-14-7-4-3-5-8-14)13-15-9-6-10-17-11-15/h3-11H,2,12-13H2,1H3,(H,18,20). The predicted molar refractivity (Wildman–Crippen MR) is 79.0 cm³/mol. The number of carbonyl (C=O) groups excluding carboxylic acids is 1. The van der Waals surface area contributed by atoms with E-state index < -0.39 is 0 Å². The molecule has 0 aliphatic rings. The van der Waals surface area contributed by atoms with Gasteiger partial charge in [-0.3, -0.25) is 4.98 Å². The van der Waals surface area contributed by atoms with Crippen molar-refractivity contribution in [1.82, 2.24) is 15.2 Å². The summed E-state index contributed by atoms with van der Waals surface area (Å²) in [5, 5.41) is 2.85. The van der Waals surface area contributed by atoms with Gasteiger partial charge in [-0.1, -0.05) is 36.4 Å². The molecule has 0 fully saturated rings. The Hall–Kier alpha value is -2.36. The van der Waals surface area contributed by atoms with Crippen LogP contribution in [0.3, 0.4) is 0 Å². The quantitative estimate of drug-likeness (QED) is 0.907. The molecule has 0 radical (unpaired) electrons. The zero-order valence-electron chi connectivity index (χ0n) is 11.6. The Morgan fingerprint density at radius 2 is 1.80 bits per heavy atom. The van der Waals surface area contributed by atoms with Gasteiger partial charge in [0.05, 0.1) is 0 Å². The Kier molecular flexibility index (Phi) is 5.12. The Morgan fingerprint density at radius 3 is 2.45 bits per heavy atom. The Labute approximate surface area is 119 Å². The van der Waals surface area contributed by atoms with Crippen LogP contribution in [-0.4, -0.2) is 22.5 Å². The first-order valence-electron chi connectivity index (χ1n) is 6.75. The van der Waals surface area contributed by atoms with Crippen LogP contribution < -0.4 is 5.32 Å². The highest BCUT2D eigenvalue weighted by Gasteiger charge is 2.13. The number of carbonyl (C=O) groups is 1. The van der Waals surface area contributed by atoms with Crippen LogP contribution in [0.5, 0.6) is 0 Å². The van der Waals surface area contributed by atoms with Crippen molar-refractivity contribution in [3.8, 4) is 0 Å². The zero-order chi connectivity index (χ0) is 14.2. The second-order valence-corrected chi connectivity index (χ2v) is 4.54. The second-order valence-electron chi connectivity index (χ2n) is 4.54. The van der Waals surface area contributed by atoms with E-state index in [4.69, 9.17) is 0 Å². The van der Waals surface area contributed by atoms with E-state index in [-0.39, 0.29) is 6.03 Å². The second kappa shape index (κ2) is 7.28. The van der Waals surface area contributed by atoms with E-state index in [9.17, 15) is 4.79 Å². The Bertz CT molecular complexity index is 486. The molecule has 2 aromatic rings.